The Morgan fingerprint density at radius 1 is 1.24 bits per heavy atom. The maximum absolute atomic E-state index is 12.4. The number of hydrogen-bond donors (Lipinski definition) is 1. The average molecular weight is 518 g/mol. The van der Waals surface area contributed by atoms with Crippen molar-refractivity contribution in [3.63, 3.8) is 0 Å². The van der Waals surface area contributed by atoms with Crippen LogP contribution in [0.1, 0.15) is 44.2 Å². The first kappa shape index (κ1) is 24.0. The molecule has 2 aliphatic rings. The summed E-state index contributed by atoms with van der Waals surface area (Å²) >= 11 is 0. The molecular formula is C21H35IN4O3. The van der Waals surface area contributed by atoms with Gasteiger partial charge in [-0.2, -0.15) is 0 Å². The van der Waals surface area contributed by atoms with Gasteiger partial charge in [0.15, 0.2) is 11.7 Å². The molecule has 0 spiro atoms. The molecule has 8 heteroatoms. The van der Waals surface area contributed by atoms with Crippen LogP contribution < -0.4 is 5.32 Å². The number of amides is 1. The van der Waals surface area contributed by atoms with Gasteiger partial charge >= 0.3 is 0 Å². The summed E-state index contributed by atoms with van der Waals surface area (Å²) in [6.07, 6.45) is 4.09. The van der Waals surface area contributed by atoms with Crippen molar-refractivity contribution in [1.29, 1.82) is 0 Å². The van der Waals surface area contributed by atoms with Gasteiger partial charge in [-0.05, 0) is 30.4 Å². The molecule has 2 unspecified atom stereocenters. The standard InChI is InChI=1S/C21H34N4O3.HI/c1-21(2,3)18-16(7-5-14-28-18)15-23-20(22-4)25-11-9-24(10-12-25)19(26)17-8-6-13-27-17;/h6,8,13,16,18H,5,7,9-12,14-15H2,1-4H3,(H,22,23);1H. The van der Waals surface area contributed by atoms with Crippen LogP contribution in [-0.4, -0.2) is 74.1 Å². The molecule has 1 aromatic rings. The van der Waals surface area contributed by atoms with Gasteiger partial charge in [-0.1, -0.05) is 20.8 Å². The van der Waals surface area contributed by atoms with E-state index in [0.29, 0.717) is 24.8 Å². The molecule has 2 saturated heterocycles. The number of aliphatic imine (C=N–C) groups is 1. The number of nitrogens with zero attached hydrogens (tertiary/aromatic N) is 3. The van der Waals surface area contributed by atoms with Crippen molar-refractivity contribution >= 4 is 35.8 Å². The van der Waals surface area contributed by atoms with Crippen LogP contribution in [-0.2, 0) is 4.74 Å². The van der Waals surface area contributed by atoms with Gasteiger partial charge in [-0.3, -0.25) is 9.79 Å². The Balaban J connectivity index is 0.00000300. The predicted molar refractivity (Wildman–Crippen MR) is 125 cm³/mol. The number of furan rings is 1. The van der Waals surface area contributed by atoms with Crippen LogP contribution >= 0.6 is 24.0 Å². The fourth-order valence-electron chi connectivity index (χ4n) is 4.24. The van der Waals surface area contributed by atoms with E-state index < -0.39 is 0 Å². The topological polar surface area (TPSA) is 70.3 Å². The molecule has 7 nitrogen and oxygen atoms in total. The van der Waals surface area contributed by atoms with Gasteiger partial charge in [0, 0.05) is 52.3 Å². The molecule has 3 rings (SSSR count). The number of ether oxygens (including phenoxy) is 1. The quantitative estimate of drug-likeness (QED) is 0.379. The second kappa shape index (κ2) is 10.7. The fraction of sp³-hybridized carbons (Fsp3) is 0.714. The number of guanidine groups is 1. The number of carbonyl (C=O) groups is 1. The van der Waals surface area contributed by atoms with Gasteiger partial charge in [-0.15, -0.1) is 24.0 Å². The van der Waals surface area contributed by atoms with Crippen molar-refractivity contribution in [2.45, 2.75) is 39.7 Å². The third kappa shape index (κ3) is 6.10. The van der Waals surface area contributed by atoms with Crippen LogP contribution in [0.15, 0.2) is 27.8 Å². The molecule has 0 saturated carbocycles. The molecule has 164 valence electrons. The van der Waals surface area contributed by atoms with Crippen molar-refractivity contribution in [3.05, 3.63) is 24.2 Å². The number of rotatable bonds is 3. The van der Waals surface area contributed by atoms with Crippen LogP contribution in [0.2, 0.25) is 0 Å². The fourth-order valence-corrected chi connectivity index (χ4v) is 4.24. The number of carbonyl (C=O) groups excluding carboxylic acids is 1. The normalized spacial score (nSPS) is 23.5. The molecule has 3 heterocycles. The lowest BCUT2D eigenvalue weighted by Crippen LogP contribution is -2.55. The van der Waals surface area contributed by atoms with Crippen molar-refractivity contribution in [1.82, 2.24) is 15.1 Å². The predicted octanol–water partition coefficient (Wildman–Crippen LogP) is 3.07. The zero-order chi connectivity index (χ0) is 20.1. The highest BCUT2D eigenvalue weighted by Crippen LogP contribution is 2.33. The Bertz CT molecular complexity index is 664. The Kier molecular flexibility index (Phi) is 8.81. The molecule has 2 aliphatic heterocycles. The molecule has 0 aromatic carbocycles. The van der Waals surface area contributed by atoms with E-state index in [1.54, 1.807) is 12.1 Å². The maximum Gasteiger partial charge on any atom is 0.289 e. The molecule has 1 N–H and O–H groups in total. The lowest BCUT2D eigenvalue weighted by Gasteiger charge is -2.41. The second-order valence-corrected chi connectivity index (χ2v) is 8.74. The summed E-state index contributed by atoms with van der Waals surface area (Å²) in [7, 11) is 1.82. The first-order chi connectivity index (χ1) is 13.4. The first-order valence-corrected chi connectivity index (χ1v) is 10.3. The third-order valence-electron chi connectivity index (χ3n) is 5.63. The lowest BCUT2D eigenvalue weighted by atomic mass is 9.78. The van der Waals surface area contributed by atoms with Gasteiger partial charge in [0.25, 0.3) is 5.91 Å². The molecule has 0 radical (unpaired) electrons. The molecule has 1 amide bonds. The van der Waals surface area contributed by atoms with Gasteiger partial charge < -0.3 is 24.3 Å². The van der Waals surface area contributed by atoms with E-state index in [2.05, 4.69) is 36.0 Å². The maximum atomic E-state index is 12.4. The highest BCUT2D eigenvalue weighted by molar-refractivity contribution is 14.0. The van der Waals surface area contributed by atoms with E-state index in [-0.39, 0.29) is 41.4 Å². The average Bonchev–Trinajstić information content (AvgIpc) is 3.23. The molecule has 0 bridgehead atoms. The molecule has 29 heavy (non-hydrogen) atoms. The Morgan fingerprint density at radius 2 is 1.93 bits per heavy atom. The number of piperazine rings is 1. The number of nitrogens with one attached hydrogen (secondary N) is 1. The highest BCUT2D eigenvalue weighted by atomic mass is 127. The highest BCUT2D eigenvalue weighted by Gasteiger charge is 2.35. The van der Waals surface area contributed by atoms with E-state index >= 15 is 0 Å². The minimum absolute atomic E-state index is 0. The zero-order valence-electron chi connectivity index (χ0n) is 18.0. The Labute approximate surface area is 191 Å². The monoisotopic (exact) mass is 518 g/mol. The van der Waals surface area contributed by atoms with E-state index in [1.807, 2.05) is 11.9 Å². The number of halogens is 1. The zero-order valence-corrected chi connectivity index (χ0v) is 20.3. The summed E-state index contributed by atoms with van der Waals surface area (Å²) < 4.78 is 11.3. The van der Waals surface area contributed by atoms with Crippen LogP contribution in [0.25, 0.3) is 0 Å². The van der Waals surface area contributed by atoms with Crippen LogP contribution in [0.5, 0.6) is 0 Å². The van der Waals surface area contributed by atoms with Crippen LogP contribution in [0.3, 0.4) is 0 Å². The van der Waals surface area contributed by atoms with E-state index in [9.17, 15) is 4.79 Å². The Hall–Kier alpha value is -1.29. The van der Waals surface area contributed by atoms with Crippen molar-refractivity contribution in [2.75, 3.05) is 46.4 Å². The van der Waals surface area contributed by atoms with Crippen LogP contribution in [0, 0.1) is 11.3 Å². The van der Waals surface area contributed by atoms with Gasteiger partial charge in [0.05, 0.1) is 12.4 Å². The van der Waals surface area contributed by atoms with Gasteiger partial charge in [-0.25, -0.2) is 0 Å². The van der Waals surface area contributed by atoms with Gasteiger partial charge in [0.1, 0.15) is 0 Å². The SMILES string of the molecule is CN=C(NCC1CCCOC1C(C)(C)C)N1CCN(C(=O)c2ccco2)CC1.I. The lowest BCUT2D eigenvalue weighted by molar-refractivity contribution is -0.0836. The molecule has 2 atom stereocenters. The van der Waals surface area contributed by atoms with Crippen molar-refractivity contribution < 1.29 is 13.9 Å². The summed E-state index contributed by atoms with van der Waals surface area (Å²) in [6.45, 7) is 11.3. The van der Waals surface area contributed by atoms with Crippen molar-refractivity contribution in [2.24, 2.45) is 16.3 Å². The van der Waals surface area contributed by atoms with Crippen LogP contribution in [0.4, 0.5) is 0 Å². The van der Waals surface area contributed by atoms with Crippen molar-refractivity contribution in [3.8, 4) is 0 Å². The summed E-state index contributed by atoms with van der Waals surface area (Å²) in [5.41, 5.74) is 0.133. The second-order valence-electron chi connectivity index (χ2n) is 8.74. The smallest absolute Gasteiger partial charge is 0.289 e. The van der Waals surface area contributed by atoms with E-state index in [0.717, 1.165) is 38.6 Å². The minimum atomic E-state index is -0.0417. The summed E-state index contributed by atoms with van der Waals surface area (Å²) in [5.74, 6) is 1.75. The Morgan fingerprint density at radius 3 is 2.52 bits per heavy atom. The molecule has 2 fully saturated rings. The summed E-state index contributed by atoms with van der Waals surface area (Å²) in [5, 5.41) is 3.56. The number of hydrogen-bond acceptors (Lipinski definition) is 4. The molecule has 0 aliphatic carbocycles. The molecular weight excluding hydrogens is 483 g/mol. The van der Waals surface area contributed by atoms with E-state index in [4.69, 9.17) is 9.15 Å². The summed E-state index contributed by atoms with van der Waals surface area (Å²) in [4.78, 5) is 21.0. The third-order valence-corrected chi connectivity index (χ3v) is 5.63. The molecule has 1 aromatic heterocycles. The first-order valence-electron chi connectivity index (χ1n) is 10.3. The largest absolute Gasteiger partial charge is 0.459 e. The van der Waals surface area contributed by atoms with E-state index in [1.165, 1.54) is 12.7 Å². The minimum Gasteiger partial charge on any atom is -0.459 e. The summed E-state index contributed by atoms with van der Waals surface area (Å²) in [6, 6.07) is 3.46. The van der Waals surface area contributed by atoms with Gasteiger partial charge in [0.2, 0.25) is 0 Å².